The molecule has 0 saturated carbocycles. The standard InChI is InChI=1S/C12H9Cl3F2O2/c1-6(11(13)12(14)15)19-10(18)4-7-2-3-8(16)5-9(7)17/h2-3,5-6H,4H2,1H3/t6-/m0/s1. The van der Waals surface area contributed by atoms with Crippen LogP contribution in [0.1, 0.15) is 12.5 Å². The smallest absolute Gasteiger partial charge is 0.311 e. The Hall–Kier alpha value is -0.840. The SMILES string of the molecule is C[C@H](OC(=O)Cc1ccc(F)cc1F)C(Cl)=C(Cl)Cl. The molecule has 1 rings (SSSR count). The first-order valence-electron chi connectivity index (χ1n) is 5.15. The predicted molar refractivity (Wildman–Crippen MR) is 70.2 cm³/mol. The van der Waals surface area contributed by atoms with Crippen molar-refractivity contribution < 1.29 is 18.3 Å². The van der Waals surface area contributed by atoms with Crippen LogP contribution in [0.3, 0.4) is 0 Å². The number of hydrogen-bond donors (Lipinski definition) is 0. The molecular weight excluding hydrogens is 320 g/mol. The van der Waals surface area contributed by atoms with Gasteiger partial charge in [-0.05, 0) is 18.6 Å². The molecule has 0 heterocycles. The second kappa shape index (κ2) is 7.08. The summed E-state index contributed by atoms with van der Waals surface area (Å²) in [7, 11) is 0. The summed E-state index contributed by atoms with van der Waals surface area (Å²) >= 11 is 16.5. The van der Waals surface area contributed by atoms with E-state index >= 15 is 0 Å². The number of hydrogen-bond acceptors (Lipinski definition) is 2. The van der Waals surface area contributed by atoms with Crippen molar-refractivity contribution in [1.82, 2.24) is 0 Å². The third kappa shape index (κ3) is 4.97. The van der Waals surface area contributed by atoms with E-state index in [1.165, 1.54) is 13.0 Å². The number of carbonyl (C=O) groups excluding carboxylic acids is 1. The summed E-state index contributed by atoms with van der Waals surface area (Å²) in [5, 5.41) is -0.0312. The first kappa shape index (κ1) is 16.2. The summed E-state index contributed by atoms with van der Waals surface area (Å²) in [6.07, 6.45) is -1.19. The molecule has 0 radical (unpaired) electrons. The van der Waals surface area contributed by atoms with Crippen LogP contribution in [0, 0.1) is 11.6 Å². The van der Waals surface area contributed by atoms with Crippen LogP contribution in [-0.2, 0) is 16.0 Å². The lowest BCUT2D eigenvalue weighted by atomic mass is 10.1. The first-order valence-corrected chi connectivity index (χ1v) is 6.28. The van der Waals surface area contributed by atoms with Crippen molar-refractivity contribution in [1.29, 1.82) is 0 Å². The van der Waals surface area contributed by atoms with Gasteiger partial charge >= 0.3 is 5.97 Å². The molecule has 1 aromatic rings. The summed E-state index contributed by atoms with van der Waals surface area (Å²) in [5.41, 5.74) is 0.0238. The molecule has 0 amide bonds. The molecule has 7 heteroatoms. The van der Waals surface area contributed by atoms with E-state index in [2.05, 4.69) is 0 Å². The maximum atomic E-state index is 13.3. The van der Waals surface area contributed by atoms with Crippen molar-refractivity contribution >= 4 is 40.8 Å². The van der Waals surface area contributed by atoms with E-state index in [9.17, 15) is 13.6 Å². The third-order valence-electron chi connectivity index (χ3n) is 2.20. The van der Waals surface area contributed by atoms with Gasteiger partial charge in [-0.15, -0.1) is 0 Å². The second-order valence-corrected chi connectivity index (χ2v) is 5.01. The molecule has 0 bridgehead atoms. The normalized spacial score (nSPS) is 11.9. The second-order valence-electron chi connectivity index (χ2n) is 3.65. The summed E-state index contributed by atoms with van der Waals surface area (Å²) in [4.78, 5) is 11.5. The predicted octanol–water partition coefficient (Wildman–Crippen LogP) is 4.32. The lowest BCUT2D eigenvalue weighted by molar-refractivity contribution is -0.145. The van der Waals surface area contributed by atoms with Gasteiger partial charge in [0.25, 0.3) is 0 Å². The van der Waals surface area contributed by atoms with Crippen LogP contribution < -0.4 is 0 Å². The van der Waals surface area contributed by atoms with Crippen LogP contribution in [-0.4, -0.2) is 12.1 Å². The summed E-state index contributed by atoms with van der Waals surface area (Å²) in [5.74, 6) is -2.27. The number of rotatable bonds is 4. The molecule has 0 N–H and O–H groups in total. The first-order chi connectivity index (χ1) is 8.81. The molecule has 19 heavy (non-hydrogen) atoms. The molecule has 1 atom stereocenters. The highest BCUT2D eigenvalue weighted by atomic mass is 35.5. The largest absolute Gasteiger partial charge is 0.456 e. The highest BCUT2D eigenvalue weighted by Crippen LogP contribution is 2.23. The Morgan fingerprint density at radius 1 is 1.32 bits per heavy atom. The molecule has 0 aromatic heterocycles. The van der Waals surface area contributed by atoms with Crippen LogP contribution in [0.4, 0.5) is 8.78 Å². The van der Waals surface area contributed by atoms with Crippen LogP contribution >= 0.6 is 34.8 Å². The van der Waals surface area contributed by atoms with E-state index in [0.717, 1.165) is 6.07 Å². The van der Waals surface area contributed by atoms with Gasteiger partial charge in [0.1, 0.15) is 22.2 Å². The van der Waals surface area contributed by atoms with Gasteiger partial charge in [-0.1, -0.05) is 40.9 Å². The average molecular weight is 330 g/mol. The summed E-state index contributed by atoms with van der Waals surface area (Å²) < 4.78 is 30.7. The monoisotopic (exact) mass is 328 g/mol. The van der Waals surface area contributed by atoms with Crippen LogP contribution in [0.15, 0.2) is 27.7 Å². The van der Waals surface area contributed by atoms with E-state index in [1.807, 2.05) is 0 Å². The molecule has 104 valence electrons. The Morgan fingerprint density at radius 2 is 1.95 bits per heavy atom. The van der Waals surface area contributed by atoms with Crippen LogP contribution in [0.25, 0.3) is 0 Å². The summed E-state index contributed by atoms with van der Waals surface area (Å²) in [6, 6.07) is 2.91. The maximum Gasteiger partial charge on any atom is 0.311 e. The zero-order chi connectivity index (χ0) is 14.6. The Bertz CT molecular complexity index is 514. The number of benzene rings is 1. The highest BCUT2D eigenvalue weighted by molar-refractivity contribution is 6.59. The lowest BCUT2D eigenvalue weighted by Crippen LogP contribution is -2.17. The molecule has 0 aliphatic heterocycles. The number of esters is 1. The van der Waals surface area contributed by atoms with E-state index in [0.29, 0.717) is 6.07 Å². The van der Waals surface area contributed by atoms with Gasteiger partial charge in [-0.2, -0.15) is 0 Å². The number of halogens is 5. The Morgan fingerprint density at radius 3 is 2.47 bits per heavy atom. The van der Waals surface area contributed by atoms with Gasteiger partial charge in [-0.25, -0.2) is 8.78 Å². The van der Waals surface area contributed by atoms with E-state index in [-0.39, 0.29) is 21.5 Å². The third-order valence-corrected chi connectivity index (χ3v) is 3.29. The Kier molecular flexibility index (Phi) is 6.04. The van der Waals surface area contributed by atoms with Crippen LogP contribution in [0.5, 0.6) is 0 Å². The molecule has 0 aliphatic carbocycles. The van der Waals surface area contributed by atoms with Gasteiger partial charge in [-0.3, -0.25) is 4.79 Å². The highest BCUT2D eigenvalue weighted by Gasteiger charge is 2.17. The van der Waals surface area contributed by atoms with Crippen molar-refractivity contribution in [3.8, 4) is 0 Å². The quantitative estimate of drug-likeness (QED) is 0.769. The van der Waals surface area contributed by atoms with Crippen molar-refractivity contribution in [3.05, 3.63) is 44.9 Å². The molecule has 1 aromatic carbocycles. The topological polar surface area (TPSA) is 26.3 Å². The molecule has 0 unspecified atom stereocenters. The molecule has 0 aliphatic rings. The Labute approximate surface area is 123 Å². The molecule has 2 nitrogen and oxygen atoms in total. The molecule has 0 spiro atoms. The van der Waals surface area contributed by atoms with Crippen molar-refractivity contribution in [2.75, 3.05) is 0 Å². The minimum atomic E-state index is -0.845. The zero-order valence-electron chi connectivity index (χ0n) is 9.72. The number of ether oxygens (including phenoxy) is 1. The van der Waals surface area contributed by atoms with Crippen LogP contribution in [0.2, 0.25) is 0 Å². The van der Waals surface area contributed by atoms with Gasteiger partial charge in [0.05, 0.1) is 11.5 Å². The van der Waals surface area contributed by atoms with Gasteiger partial charge in [0.15, 0.2) is 0 Å². The fraction of sp³-hybridized carbons (Fsp3) is 0.250. The fourth-order valence-corrected chi connectivity index (χ4v) is 1.62. The molecule has 0 fully saturated rings. The zero-order valence-corrected chi connectivity index (χ0v) is 12.0. The van der Waals surface area contributed by atoms with Crippen molar-refractivity contribution in [3.63, 3.8) is 0 Å². The molecular formula is C12H9Cl3F2O2. The van der Waals surface area contributed by atoms with Gasteiger partial charge in [0, 0.05) is 6.07 Å². The maximum absolute atomic E-state index is 13.3. The van der Waals surface area contributed by atoms with Crippen molar-refractivity contribution in [2.24, 2.45) is 0 Å². The summed E-state index contributed by atoms with van der Waals surface area (Å²) in [6.45, 7) is 1.46. The lowest BCUT2D eigenvalue weighted by Gasteiger charge is -2.12. The minimum Gasteiger partial charge on any atom is -0.456 e. The fourth-order valence-electron chi connectivity index (χ4n) is 1.26. The number of carbonyl (C=O) groups is 1. The van der Waals surface area contributed by atoms with E-state index in [4.69, 9.17) is 39.5 Å². The Balaban J connectivity index is 2.68. The van der Waals surface area contributed by atoms with E-state index in [1.54, 1.807) is 0 Å². The average Bonchev–Trinajstić information content (AvgIpc) is 2.31. The van der Waals surface area contributed by atoms with E-state index < -0.39 is 23.7 Å². The molecule has 0 saturated heterocycles. The van der Waals surface area contributed by atoms with Crippen molar-refractivity contribution in [2.45, 2.75) is 19.4 Å². The van der Waals surface area contributed by atoms with Gasteiger partial charge < -0.3 is 4.74 Å². The van der Waals surface area contributed by atoms with Gasteiger partial charge in [0.2, 0.25) is 0 Å². The minimum absolute atomic E-state index is 0.0238.